The quantitative estimate of drug-likeness (QED) is 0.752. The van der Waals surface area contributed by atoms with Crippen molar-refractivity contribution < 1.29 is 9.84 Å². The largest absolute Gasteiger partial charge is 0.394 e. The first-order valence-corrected chi connectivity index (χ1v) is 5.41. The first kappa shape index (κ1) is 11.2. The molecule has 5 heteroatoms. The number of aliphatic hydroxyl groups excluding tert-OH is 1. The Morgan fingerprint density at radius 3 is 3.19 bits per heavy atom. The number of pyridine rings is 1. The molecule has 0 bridgehead atoms. The molecular formula is C11H17N3O2. The third kappa shape index (κ3) is 2.25. The van der Waals surface area contributed by atoms with Crippen LogP contribution in [0.1, 0.15) is 6.92 Å². The minimum Gasteiger partial charge on any atom is -0.394 e. The molecule has 0 aliphatic carbocycles. The monoisotopic (exact) mass is 223 g/mol. The molecule has 3 N–H and O–H groups in total. The summed E-state index contributed by atoms with van der Waals surface area (Å²) in [5, 5.41) is 9.11. The van der Waals surface area contributed by atoms with Gasteiger partial charge in [0, 0.05) is 30.5 Å². The second-order valence-corrected chi connectivity index (χ2v) is 4.08. The van der Waals surface area contributed by atoms with Gasteiger partial charge in [-0.1, -0.05) is 0 Å². The molecule has 1 aliphatic rings. The lowest BCUT2D eigenvalue weighted by Gasteiger charge is -2.39. The van der Waals surface area contributed by atoms with E-state index in [1.54, 1.807) is 6.20 Å². The maximum absolute atomic E-state index is 9.11. The Bertz CT molecular complexity index is 359. The molecule has 2 atom stereocenters. The van der Waals surface area contributed by atoms with Crippen LogP contribution in [0.5, 0.6) is 0 Å². The summed E-state index contributed by atoms with van der Waals surface area (Å²) in [6, 6.07) is 4.05. The highest BCUT2D eigenvalue weighted by atomic mass is 16.5. The van der Waals surface area contributed by atoms with Gasteiger partial charge in [0.1, 0.15) is 5.82 Å². The smallest absolute Gasteiger partial charge is 0.125 e. The number of nitrogens with zero attached hydrogens (tertiary/aromatic N) is 2. The Morgan fingerprint density at radius 1 is 1.69 bits per heavy atom. The van der Waals surface area contributed by atoms with Crippen molar-refractivity contribution in [3.8, 4) is 0 Å². The van der Waals surface area contributed by atoms with E-state index in [4.69, 9.17) is 15.6 Å². The average molecular weight is 223 g/mol. The SMILES string of the molecule is CC1COC(CO)CN1c1ccnc(N)c1. The molecule has 2 unspecified atom stereocenters. The Balaban J connectivity index is 2.17. The summed E-state index contributed by atoms with van der Waals surface area (Å²) in [5.41, 5.74) is 6.69. The molecule has 16 heavy (non-hydrogen) atoms. The normalized spacial score (nSPS) is 25.8. The van der Waals surface area contributed by atoms with Gasteiger partial charge in [-0.05, 0) is 13.0 Å². The standard InChI is InChI=1S/C11H17N3O2/c1-8-7-16-10(6-15)5-14(8)9-2-3-13-11(12)4-9/h2-4,8,10,15H,5-7H2,1H3,(H2,12,13). The molecule has 1 aromatic rings. The first-order valence-electron chi connectivity index (χ1n) is 5.41. The van der Waals surface area contributed by atoms with E-state index in [0.717, 1.165) is 5.69 Å². The van der Waals surface area contributed by atoms with Gasteiger partial charge < -0.3 is 20.5 Å². The van der Waals surface area contributed by atoms with Crippen molar-refractivity contribution in [3.63, 3.8) is 0 Å². The molecule has 0 radical (unpaired) electrons. The van der Waals surface area contributed by atoms with Crippen LogP contribution < -0.4 is 10.6 Å². The van der Waals surface area contributed by atoms with E-state index < -0.39 is 0 Å². The van der Waals surface area contributed by atoms with Crippen LogP contribution in [0.4, 0.5) is 11.5 Å². The highest BCUT2D eigenvalue weighted by molar-refractivity contribution is 5.53. The lowest BCUT2D eigenvalue weighted by atomic mass is 10.1. The number of morpholine rings is 1. The number of hydrogen-bond donors (Lipinski definition) is 2. The fraction of sp³-hybridized carbons (Fsp3) is 0.545. The van der Waals surface area contributed by atoms with Crippen LogP contribution in [0.3, 0.4) is 0 Å². The van der Waals surface area contributed by atoms with E-state index in [0.29, 0.717) is 19.0 Å². The molecule has 0 spiro atoms. The van der Waals surface area contributed by atoms with Gasteiger partial charge in [0.2, 0.25) is 0 Å². The molecule has 1 fully saturated rings. The lowest BCUT2D eigenvalue weighted by molar-refractivity contribution is -0.0103. The van der Waals surface area contributed by atoms with E-state index in [1.165, 1.54) is 0 Å². The van der Waals surface area contributed by atoms with Gasteiger partial charge in [-0.15, -0.1) is 0 Å². The Labute approximate surface area is 94.8 Å². The fourth-order valence-corrected chi connectivity index (χ4v) is 1.90. The molecule has 0 saturated carbocycles. The van der Waals surface area contributed by atoms with Crippen LogP contribution in [0.15, 0.2) is 18.3 Å². The molecule has 0 aromatic carbocycles. The van der Waals surface area contributed by atoms with Crippen LogP contribution in [-0.2, 0) is 4.74 Å². The molecule has 1 aromatic heterocycles. The van der Waals surface area contributed by atoms with Crippen LogP contribution in [0.25, 0.3) is 0 Å². The number of aromatic nitrogens is 1. The number of anilines is 2. The summed E-state index contributed by atoms with van der Waals surface area (Å²) in [4.78, 5) is 6.15. The minimum atomic E-state index is -0.120. The number of nitrogens with two attached hydrogens (primary N) is 1. The molecule has 1 aliphatic heterocycles. The van der Waals surface area contributed by atoms with E-state index in [2.05, 4.69) is 16.8 Å². The number of hydrogen-bond acceptors (Lipinski definition) is 5. The topological polar surface area (TPSA) is 71.6 Å². The van der Waals surface area contributed by atoms with Gasteiger partial charge >= 0.3 is 0 Å². The highest BCUT2D eigenvalue weighted by Gasteiger charge is 2.25. The number of rotatable bonds is 2. The molecule has 2 rings (SSSR count). The zero-order valence-electron chi connectivity index (χ0n) is 9.34. The molecular weight excluding hydrogens is 206 g/mol. The maximum atomic E-state index is 9.11. The Kier molecular flexibility index (Phi) is 3.26. The Morgan fingerprint density at radius 2 is 2.50 bits per heavy atom. The minimum absolute atomic E-state index is 0.0454. The summed E-state index contributed by atoms with van der Waals surface area (Å²) in [5.74, 6) is 0.511. The molecule has 88 valence electrons. The molecule has 0 amide bonds. The van der Waals surface area contributed by atoms with Gasteiger partial charge in [-0.3, -0.25) is 0 Å². The summed E-state index contributed by atoms with van der Waals surface area (Å²) < 4.78 is 5.48. The molecule has 1 saturated heterocycles. The third-order valence-electron chi connectivity index (χ3n) is 2.81. The summed E-state index contributed by atoms with van der Waals surface area (Å²) in [6.45, 7) is 3.43. The second kappa shape index (κ2) is 4.67. The Hall–Kier alpha value is -1.33. The molecule has 2 heterocycles. The van der Waals surface area contributed by atoms with Crippen LogP contribution in [-0.4, -0.2) is 42.0 Å². The number of nitrogen functional groups attached to an aromatic ring is 1. The zero-order chi connectivity index (χ0) is 11.5. The van der Waals surface area contributed by atoms with Crippen molar-refractivity contribution in [1.82, 2.24) is 4.98 Å². The van der Waals surface area contributed by atoms with Crippen molar-refractivity contribution in [3.05, 3.63) is 18.3 Å². The van der Waals surface area contributed by atoms with E-state index >= 15 is 0 Å². The number of ether oxygens (including phenoxy) is 1. The highest BCUT2D eigenvalue weighted by Crippen LogP contribution is 2.22. The van der Waals surface area contributed by atoms with Gasteiger partial charge in [-0.25, -0.2) is 4.98 Å². The molecule has 5 nitrogen and oxygen atoms in total. The van der Waals surface area contributed by atoms with Crippen molar-refractivity contribution >= 4 is 11.5 Å². The summed E-state index contributed by atoms with van der Waals surface area (Å²) >= 11 is 0. The zero-order valence-corrected chi connectivity index (χ0v) is 9.34. The van der Waals surface area contributed by atoms with E-state index in [9.17, 15) is 0 Å². The van der Waals surface area contributed by atoms with Crippen molar-refractivity contribution in [2.75, 3.05) is 30.4 Å². The third-order valence-corrected chi connectivity index (χ3v) is 2.81. The summed E-state index contributed by atoms with van der Waals surface area (Å²) in [7, 11) is 0. The second-order valence-electron chi connectivity index (χ2n) is 4.08. The van der Waals surface area contributed by atoms with Gasteiger partial charge in [0.05, 0.1) is 19.3 Å². The number of aliphatic hydroxyl groups is 1. The predicted octanol–water partition coefficient (Wildman–Crippen LogP) is 0.250. The lowest BCUT2D eigenvalue weighted by Crippen LogP contribution is -2.49. The van der Waals surface area contributed by atoms with E-state index in [-0.39, 0.29) is 18.8 Å². The van der Waals surface area contributed by atoms with Crippen LogP contribution in [0, 0.1) is 0 Å². The average Bonchev–Trinajstić information content (AvgIpc) is 2.30. The van der Waals surface area contributed by atoms with Gasteiger partial charge in [-0.2, -0.15) is 0 Å². The van der Waals surface area contributed by atoms with Crippen LogP contribution in [0.2, 0.25) is 0 Å². The van der Waals surface area contributed by atoms with Crippen molar-refractivity contribution in [1.29, 1.82) is 0 Å². The van der Waals surface area contributed by atoms with E-state index in [1.807, 2.05) is 12.1 Å². The predicted molar refractivity (Wildman–Crippen MR) is 62.3 cm³/mol. The van der Waals surface area contributed by atoms with Crippen molar-refractivity contribution in [2.45, 2.75) is 19.1 Å². The van der Waals surface area contributed by atoms with Gasteiger partial charge in [0.15, 0.2) is 0 Å². The maximum Gasteiger partial charge on any atom is 0.125 e. The first-order chi connectivity index (χ1) is 7.70. The van der Waals surface area contributed by atoms with Crippen molar-refractivity contribution in [2.24, 2.45) is 0 Å². The van der Waals surface area contributed by atoms with Crippen LogP contribution >= 0.6 is 0 Å². The fourth-order valence-electron chi connectivity index (χ4n) is 1.90. The van der Waals surface area contributed by atoms with Gasteiger partial charge in [0.25, 0.3) is 0 Å². The summed E-state index contributed by atoms with van der Waals surface area (Å²) in [6.07, 6.45) is 1.58.